The van der Waals surface area contributed by atoms with Crippen LogP contribution in [0.3, 0.4) is 0 Å². The van der Waals surface area contributed by atoms with E-state index < -0.39 is 0 Å². The molecule has 13 heavy (non-hydrogen) atoms. The lowest BCUT2D eigenvalue weighted by Crippen LogP contribution is -1.95. The number of hydrogen-bond acceptors (Lipinski definition) is 0. The molecule has 0 aromatic rings. The summed E-state index contributed by atoms with van der Waals surface area (Å²) < 4.78 is 0. The first kappa shape index (κ1) is 12.2. The molecule has 0 aromatic carbocycles. The summed E-state index contributed by atoms with van der Waals surface area (Å²) in [6.45, 7) is 10.6. The predicted octanol–water partition coefficient (Wildman–Crippen LogP) is 4.50. The van der Waals surface area contributed by atoms with Gasteiger partial charge in [-0.2, -0.15) is 0 Å². The SMILES string of the molecule is C=C(/C=C\C=C/C)C(C)CCCC. The molecule has 0 amide bonds. The molecule has 0 aliphatic carbocycles. The number of allylic oxidation sites excluding steroid dienone is 5. The molecule has 0 aromatic heterocycles. The molecule has 0 saturated heterocycles. The molecule has 0 heterocycles. The van der Waals surface area contributed by atoms with E-state index in [0.717, 1.165) is 0 Å². The zero-order valence-electron chi connectivity index (χ0n) is 9.22. The van der Waals surface area contributed by atoms with Crippen molar-refractivity contribution in [1.82, 2.24) is 0 Å². The first-order valence-electron chi connectivity index (χ1n) is 5.20. The lowest BCUT2D eigenvalue weighted by molar-refractivity contribution is 0.582. The summed E-state index contributed by atoms with van der Waals surface area (Å²) in [6, 6.07) is 0. The summed E-state index contributed by atoms with van der Waals surface area (Å²) in [4.78, 5) is 0. The minimum absolute atomic E-state index is 0.626. The van der Waals surface area contributed by atoms with Gasteiger partial charge in [-0.05, 0) is 19.3 Å². The van der Waals surface area contributed by atoms with Crippen LogP contribution in [0.15, 0.2) is 36.5 Å². The second kappa shape index (κ2) is 7.85. The van der Waals surface area contributed by atoms with Crippen molar-refractivity contribution in [3.05, 3.63) is 36.5 Å². The van der Waals surface area contributed by atoms with Crippen molar-refractivity contribution in [2.24, 2.45) is 5.92 Å². The third kappa shape index (κ3) is 6.39. The van der Waals surface area contributed by atoms with Crippen LogP contribution in [0.1, 0.15) is 40.0 Å². The number of unbranched alkanes of at least 4 members (excludes halogenated alkanes) is 1. The number of hydrogen-bond donors (Lipinski definition) is 0. The quantitative estimate of drug-likeness (QED) is 0.525. The molecule has 0 saturated carbocycles. The van der Waals surface area contributed by atoms with Crippen LogP contribution in [0.5, 0.6) is 0 Å². The highest BCUT2D eigenvalue weighted by molar-refractivity contribution is 5.20. The molecule has 74 valence electrons. The highest BCUT2D eigenvalue weighted by Crippen LogP contribution is 2.16. The Bertz CT molecular complexity index is 184. The van der Waals surface area contributed by atoms with Gasteiger partial charge in [-0.1, -0.05) is 63.1 Å². The van der Waals surface area contributed by atoms with Crippen molar-refractivity contribution in [2.45, 2.75) is 40.0 Å². The Balaban J connectivity index is 3.81. The van der Waals surface area contributed by atoms with Gasteiger partial charge in [-0.3, -0.25) is 0 Å². The minimum atomic E-state index is 0.626. The Morgan fingerprint density at radius 1 is 1.38 bits per heavy atom. The largest absolute Gasteiger partial charge is 0.0956 e. The Labute approximate surface area is 83.0 Å². The maximum absolute atomic E-state index is 4.06. The highest BCUT2D eigenvalue weighted by atomic mass is 14.1. The second-order valence-electron chi connectivity index (χ2n) is 3.50. The van der Waals surface area contributed by atoms with Crippen LogP contribution in [0, 0.1) is 5.92 Å². The van der Waals surface area contributed by atoms with E-state index in [1.165, 1.54) is 24.8 Å². The van der Waals surface area contributed by atoms with E-state index in [1.54, 1.807) is 0 Å². The molecule has 0 fully saturated rings. The molecule has 0 aliphatic rings. The van der Waals surface area contributed by atoms with Crippen molar-refractivity contribution in [2.75, 3.05) is 0 Å². The predicted molar refractivity (Wildman–Crippen MR) is 61.8 cm³/mol. The first-order valence-corrected chi connectivity index (χ1v) is 5.20. The lowest BCUT2D eigenvalue weighted by atomic mass is 9.96. The molecule has 1 atom stereocenters. The summed E-state index contributed by atoms with van der Waals surface area (Å²) >= 11 is 0. The van der Waals surface area contributed by atoms with Gasteiger partial charge in [-0.25, -0.2) is 0 Å². The Morgan fingerprint density at radius 3 is 2.62 bits per heavy atom. The molecule has 0 heteroatoms. The summed E-state index contributed by atoms with van der Waals surface area (Å²) in [7, 11) is 0. The maximum Gasteiger partial charge on any atom is -0.0196 e. The average molecular weight is 178 g/mol. The Hall–Kier alpha value is -0.780. The van der Waals surface area contributed by atoms with E-state index in [4.69, 9.17) is 0 Å². The summed E-state index contributed by atoms with van der Waals surface area (Å²) in [5.74, 6) is 0.626. The Morgan fingerprint density at radius 2 is 2.08 bits per heavy atom. The molecule has 1 unspecified atom stereocenters. The van der Waals surface area contributed by atoms with E-state index in [2.05, 4.69) is 32.6 Å². The van der Waals surface area contributed by atoms with E-state index in [-0.39, 0.29) is 0 Å². The van der Waals surface area contributed by atoms with E-state index in [9.17, 15) is 0 Å². The summed E-state index contributed by atoms with van der Waals surface area (Å²) in [5.41, 5.74) is 1.24. The molecular weight excluding hydrogens is 156 g/mol. The zero-order chi connectivity index (χ0) is 10.1. The van der Waals surface area contributed by atoms with Gasteiger partial charge >= 0.3 is 0 Å². The smallest absolute Gasteiger partial charge is 0.0196 e. The van der Waals surface area contributed by atoms with Crippen LogP contribution >= 0.6 is 0 Å². The van der Waals surface area contributed by atoms with Crippen LogP contribution in [0.4, 0.5) is 0 Å². The van der Waals surface area contributed by atoms with Gasteiger partial charge in [0.15, 0.2) is 0 Å². The van der Waals surface area contributed by atoms with E-state index in [0.29, 0.717) is 5.92 Å². The van der Waals surface area contributed by atoms with Gasteiger partial charge in [0.05, 0.1) is 0 Å². The topological polar surface area (TPSA) is 0 Å². The van der Waals surface area contributed by atoms with Gasteiger partial charge < -0.3 is 0 Å². The van der Waals surface area contributed by atoms with Crippen molar-refractivity contribution in [3.63, 3.8) is 0 Å². The highest BCUT2D eigenvalue weighted by Gasteiger charge is 2.01. The van der Waals surface area contributed by atoms with Crippen molar-refractivity contribution >= 4 is 0 Å². The third-order valence-corrected chi connectivity index (χ3v) is 2.24. The van der Waals surface area contributed by atoms with Crippen LogP contribution in [0.25, 0.3) is 0 Å². The number of rotatable bonds is 6. The fourth-order valence-electron chi connectivity index (χ4n) is 1.15. The standard InChI is InChI=1S/C13H22/c1-5-7-9-11-13(4)12(3)10-8-6-2/h5,7,9,11-12H,4,6,8,10H2,1-3H3/b7-5-,11-9-. The van der Waals surface area contributed by atoms with Gasteiger partial charge in [0, 0.05) is 0 Å². The maximum atomic E-state index is 4.06. The van der Waals surface area contributed by atoms with Gasteiger partial charge in [0.25, 0.3) is 0 Å². The molecule has 0 bridgehead atoms. The van der Waals surface area contributed by atoms with E-state index >= 15 is 0 Å². The van der Waals surface area contributed by atoms with Crippen LogP contribution < -0.4 is 0 Å². The fourth-order valence-corrected chi connectivity index (χ4v) is 1.15. The summed E-state index contributed by atoms with van der Waals surface area (Å²) in [5, 5.41) is 0. The molecule has 0 aliphatic heterocycles. The van der Waals surface area contributed by atoms with E-state index in [1.807, 2.05) is 19.1 Å². The second-order valence-corrected chi connectivity index (χ2v) is 3.50. The van der Waals surface area contributed by atoms with Crippen molar-refractivity contribution in [1.29, 1.82) is 0 Å². The van der Waals surface area contributed by atoms with Gasteiger partial charge in [0.2, 0.25) is 0 Å². The molecule has 0 radical (unpaired) electrons. The van der Waals surface area contributed by atoms with Crippen molar-refractivity contribution < 1.29 is 0 Å². The van der Waals surface area contributed by atoms with Crippen LogP contribution in [-0.2, 0) is 0 Å². The zero-order valence-corrected chi connectivity index (χ0v) is 9.22. The Kier molecular flexibility index (Phi) is 7.38. The molecule has 0 spiro atoms. The normalized spacial score (nSPS) is 14.1. The molecule has 0 N–H and O–H groups in total. The van der Waals surface area contributed by atoms with Gasteiger partial charge in [-0.15, -0.1) is 0 Å². The van der Waals surface area contributed by atoms with Crippen LogP contribution in [0.2, 0.25) is 0 Å². The average Bonchev–Trinajstić information content (AvgIpc) is 2.14. The molecule has 0 nitrogen and oxygen atoms in total. The first-order chi connectivity index (χ1) is 6.22. The fraction of sp³-hybridized carbons (Fsp3) is 0.538. The monoisotopic (exact) mass is 178 g/mol. The minimum Gasteiger partial charge on any atom is -0.0956 e. The summed E-state index contributed by atoms with van der Waals surface area (Å²) in [6.07, 6.45) is 12.1. The van der Waals surface area contributed by atoms with Crippen molar-refractivity contribution in [3.8, 4) is 0 Å². The van der Waals surface area contributed by atoms with Crippen LogP contribution in [-0.4, -0.2) is 0 Å². The third-order valence-electron chi connectivity index (χ3n) is 2.24. The lowest BCUT2D eigenvalue weighted by Gasteiger charge is -2.09. The molecular formula is C13H22. The molecule has 0 rings (SSSR count). The van der Waals surface area contributed by atoms with Gasteiger partial charge in [0.1, 0.15) is 0 Å².